The van der Waals surface area contributed by atoms with Gasteiger partial charge in [0.15, 0.2) is 0 Å². The van der Waals surface area contributed by atoms with Gasteiger partial charge in [-0.2, -0.15) is 0 Å². The molecule has 0 bridgehead atoms. The molecule has 2 aliphatic rings. The predicted molar refractivity (Wildman–Crippen MR) is 123 cm³/mol. The van der Waals surface area contributed by atoms with Crippen LogP contribution >= 0.6 is 0 Å². The monoisotopic (exact) mass is 431 g/mol. The van der Waals surface area contributed by atoms with Crippen molar-refractivity contribution in [2.24, 2.45) is 5.41 Å². The summed E-state index contributed by atoms with van der Waals surface area (Å²) in [5, 5.41) is 10.1. The Labute approximate surface area is 187 Å². The molecule has 0 spiro atoms. The fraction of sp³-hybridized carbons (Fsp3) is 0.708. The van der Waals surface area contributed by atoms with E-state index in [0.717, 1.165) is 30.3 Å². The molecule has 31 heavy (non-hydrogen) atoms. The van der Waals surface area contributed by atoms with E-state index in [4.69, 9.17) is 14.0 Å². The van der Waals surface area contributed by atoms with E-state index >= 15 is 0 Å². The molecule has 0 aromatic heterocycles. The maximum absolute atomic E-state index is 12.3. The largest absolute Gasteiger partial charge is 0.494 e. The highest BCUT2D eigenvalue weighted by molar-refractivity contribution is 6.62. The molecule has 6 nitrogen and oxygen atoms in total. The van der Waals surface area contributed by atoms with Crippen LogP contribution in [0.15, 0.2) is 24.3 Å². The van der Waals surface area contributed by atoms with Gasteiger partial charge in [-0.25, -0.2) is 4.79 Å². The third kappa shape index (κ3) is 4.01. The van der Waals surface area contributed by atoms with Crippen molar-refractivity contribution in [2.45, 2.75) is 90.6 Å². The van der Waals surface area contributed by atoms with Crippen LogP contribution in [0, 0.1) is 5.41 Å². The van der Waals surface area contributed by atoms with E-state index in [9.17, 15) is 9.90 Å². The van der Waals surface area contributed by atoms with Crippen LogP contribution < -0.4 is 5.46 Å². The van der Waals surface area contributed by atoms with Crippen molar-refractivity contribution < 1.29 is 23.9 Å². The second kappa shape index (κ2) is 8.09. The second-order valence-electron chi connectivity index (χ2n) is 10.9. The first-order valence-electron chi connectivity index (χ1n) is 11.3. The summed E-state index contributed by atoms with van der Waals surface area (Å²) in [6.45, 7) is 15.0. The minimum atomic E-state index is -0.884. The molecule has 1 aromatic rings. The number of methoxy groups -OCH3 is 1. The Morgan fingerprint density at radius 1 is 1.10 bits per heavy atom. The highest BCUT2D eigenvalue weighted by Crippen LogP contribution is 2.51. The number of piperidine rings is 1. The number of benzene rings is 1. The van der Waals surface area contributed by atoms with Crippen LogP contribution in [0.25, 0.3) is 0 Å². The Hall–Kier alpha value is -1.57. The Kier molecular flexibility index (Phi) is 6.29. The van der Waals surface area contributed by atoms with Gasteiger partial charge in [0.1, 0.15) is 6.10 Å². The van der Waals surface area contributed by atoms with Crippen LogP contribution in [0.3, 0.4) is 0 Å². The second-order valence-corrected chi connectivity index (χ2v) is 10.9. The minimum absolute atomic E-state index is 0.309. The number of amides is 1. The molecule has 7 heteroatoms. The quantitative estimate of drug-likeness (QED) is 0.705. The van der Waals surface area contributed by atoms with Crippen molar-refractivity contribution in [1.29, 1.82) is 0 Å². The highest BCUT2D eigenvalue weighted by Gasteiger charge is 2.56. The lowest BCUT2D eigenvalue weighted by molar-refractivity contribution is -0.121. The van der Waals surface area contributed by atoms with Crippen molar-refractivity contribution in [2.75, 3.05) is 13.7 Å². The Balaban J connectivity index is 1.97. The third-order valence-corrected chi connectivity index (χ3v) is 7.64. The van der Waals surface area contributed by atoms with E-state index in [1.54, 1.807) is 12.0 Å². The Morgan fingerprint density at radius 3 is 2.10 bits per heavy atom. The van der Waals surface area contributed by atoms with Gasteiger partial charge in [0.05, 0.1) is 16.7 Å². The normalized spacial score (nSPS) is 26.7. The summed E-state index contributed by atoms with van der Waals surface area (Å²) in [6.07, 6.45) is 1.36. The van der Waals surface area contributed by atoms with Crippen molar-refractivity contribution >= 4 is 18.7 Å². The van der Waals surface area contributed by atoms with Crippen LogP contribution in [0.4, 0.5) is 4.79 Å². The molecule has 3 rings (SSSR count). The summed E-state index contributed by atoms with van der Waals surface area (Å²) >= 11 is 0. The highest BCUT2D eigenvalue weighted by atomic mass is 16.7. The topological polar surface area (TPSA) is 68.2 Å². The van der Waals surface area contributed by atoms with Gasteiger partial charge in [-0.3, -0.25) is 4.90 Å². The minimum Gasteiger partial charge on any atom is -0.465 e. The van der Waals surface area contributed by atoms with Gasteiger partial charge in [-0.1, -0.05) is 45.0 Å². The molecule has 2 unspecified atom stereocenters. The summed E-state index contributed by atoms with van der Waals surface area (Å²) in [6, 6.07) is 8.06. The van der Waals surface area contributed by atoms with Gasteiger partial charge in [-0.15, -0.1) is 0 Å². The van der Waals surface area contributed by atoms with Crippen LogP contribution in [-0.2, 0) is 14.0 Å². The smallest absolute Gasteiger partial charge is 0.465 e. The molecule has 2 saturated heterocycles. The van der Waals surface area contributed by atoms with Gasteiger partial charge in [-0.05, 0) is 63.4 Å². The third-order valence-electron chi connectivity index (χ3n) is 7.64. The number of carbonyl (C=O) groups is 1. The lowest BCUT2D eigenvalue weighted by Crippen LogP contribution is -2.64. The fourth-order valence-electron chi connectivity index (χ4n) is 5.12. The van der Waals surface area contributed by atoms with Crippen molar-refractivity contribution in [3.63, 3.8) is 0 Å². The molecule has 2 aliphatic heterocycles. The Bertz CT molecular complexity index is 785. The molecular formula is C24H38BNO5. The average Bonchev–Trinajstić information content (AvgIpc) is 2.89. The molecule has 1 aromatic carbocycles. The summed E-state index contributed by atoms with van der Waals surface area (Å²) in [7, 11) is 1.25. The van der Waals surface area contributed by atoms with Gasteiger partial charge in [0, 0.05) is 13.7 Å². The number of carboxylic acid groups (broad SMARTS) is 1. The standard InChI is InChI=1S/C24H38BNO5/c1-21(2,3)24(15-9-10-16-26(24)20(27)28)19(29-8)17-11-13-18(14-12-17)25-30-22(4,5)23(6,7)31-25/h11-14,19H,9-10,15-16H2,1-8H3,(H,27,28). The van der Waals surface area contributed by atoms with Crippen molar-refractivity contribution in [1.82, 2.24) is 4.90 Å². The number of likely N-dealkylation sites (tertiary alicyclic amines) is 1. The van der Waals surface area contributed by atoms with Gasteiger partial charge in [0.2, 0.25) is 0 Å². The fourth-order valence-corrected chi connectivity index (χ4v) is 5.12. The van der Waals surface area contributed by atoms with Gasteiger partial charge >= 0.3 is 13.2 Å². The van der Waals surface area contributed by atoms with E-state index in [1.807, 2.05) is 52.0 Å². The van der Waals surface area contributed by atoms with E-state index < -0.39 is 30.0 Å². The molecule has 172 valence electrons. The molecule has 2 fully saturated rings. The SMILES string of the molecule is COC(c1ccc(B2OC(C)(C)C(C)(C)O2)cc1)C1(C(C)(C)C)CCCCN1C(=O)O. The number of nitrogens with zero attached hydrogens (tertiary/aromatic N) is 1. The summed E-state index contributed by atoms with van der Waals surface area (Å²) in [5.41, 5.74) is 0.151. The molecule has 0 radical (unpaired) electrons. The number of hydrogen-bond donors (Lipinski definition) is 1. The summed E-state index contributed by atoms with van der Waals surface area (Å²) in [5.74, 6) is 0. The molecular weight excluding hydrogens is 393 g/mol. The summed E-state index contributed by atoms with van der Waals surface area (Å²) in [4.78, 5) is 13.9. The molecule has 1 N–H and O–H groups in total. The van der Waals surface area contributed by atoms with Crippen LogP contribution in [0.1, 0.15) is 79.4 Å². The lowest BCUT2D eigenvalue weighted by atomic mass is 9.63. The van der Waals surface area contributed by atoms with Crippen LogP contribution in [0.5, 0.6) is 0 Å². The van der Waals surface area contributed by atoms with E-state index in [1.165, 1.54) is 0 Å². The molecule has 2 heterocycles. The maximum Gasteiger partial charge on any atom is 0.494 e. The zero-order valence-corrected chi connectivity index (χ0v) is 20.3. The zero-order chi connectivity index (χ0) is 23.2. The van der Waals surface area contributed by atoms with Crippen LogP contribution in [-0.4, -0.2) is 53.6 Å². The maximum atomic E-state index is 12.3. The van der Waals surface area contributed by atoms with E-state index in [-0.39, 0.29) is 11.5 Å². The first kappa shape index (κ1) is 24.1. The first-order valence-corrected chi connectivity index (χ1v) is 11.3. The van der Waals surface area contributed by atoms with Gasteiger partial charge in [0.25, 0.3) is 0 Å². The Morgan fingerprint density at radius 2 is 1.65 bits per heavy atom. The van der Waals surface area contributed by atoms with E-state index in [2.05, 4.69) is 20.8 Å². The van der Waals surface area contributed by atoms with Crippen molar-refractivity contribution in [3.8, 4) is 0 Å². The van der Waals surface area contributed by atoms with Gasteiger partial charge < -0.3 is 19.2 Å². The molecule has 1 amide bonds. The van der Waals surface area contributed by atoms with Crippen LogP contribution in [0.2, 0.25) is 0 Å². The first-order chi connectivity index (χ1) is 14.3. The van der Waals surface area contributed by atoms with Crippen molar-refractivity contribution in [3.05, 3.63) is 29.8 Å². The number of rotatable bonds is 4. The van der Waals surface area contributed by atoms with E-state index in [0.29, 0.717) is 6.54 Å². The molecule has 0 aliphatic carbocycles. The lowest BCUT2D eigenvalue weighted by Gasteiger charge is -2.57. The molecule has 0 saturated carbocycles. The summed E-state index contributed by atoms with van der Waals surface area (Å²) < 4.78 is 18.4. The zero-order valence-electron chi connectivity index (χ0n) is 20.3. The molecule has 2 atom stereocenters. The number of hydrogen-bond acceptors (Lipinski definition) is 4. The average molecular weight is 431 g/mol. The predicted octanol–water partition coefficient (Wildman–Crippen LogP) is 4.62. The number of ether oxygens (including phenoxy) is 1.